The fraction of sp³-hybridized carbons (Fsp3) is 0.250. The molecule has 0 saturated heterocycles. The number of benzene rings is 2. The maximum Gasteiger partial charge on any atom is 0.0627 e. The minimum atomic E-state index is 0.455. The van der Waals surface area contributed by atoms with Crippen LogP contribution in [0.3, 0.4) is 0 Å². The number of anilines is 1. The predicted octanol–water partition coefficient (Wildman–Crippen LogP) is 5.59. The van der Waals surface area contributed by atoms with Gasteiger partial charge in [0.25, 0.3) is 0 Å². The van der Waals surface area contributed by atoms with Crippen LogP contribution in [0.15, 0.2) is 78.0 Å². The maximum absolute atomic E-state index is 8.24. The van der Waals surface area contributed by atoms with E-state index in [4.69, 9.17) is 11.1 Å². The zero-order chi connectivity index (χ0) is 19.2. The summed E-state index contributed by atoms with van der Waals surface area (Å²) in [5.41, 5.74) is 10.1. The number of nitrogens with one attached hydrogen (secondary N) is 1. The van der Waals surface area contributed by atoms with Gasteiger partial charge in [0.15, 0.2) is 0 Å². The number of hydrogen-bond acceptors (Lipinski definition) is 3. The molecule has 2 aromatic carbocycles. The highest BCUT2D eigenvalue weighted by atomic mass is 14.7. The molecule has 0 amide bonds. The number of nitrogen functional groups attached to an aromatic ring is 1. The van der Waals surface area contributed by atoms with Crippen LogP contribution in [0.2, 0.25) is 0 Å². The highest BCUT2D eigenvalue weighted by molar-refractivity contribution is 6.06. The van der Waals surface area contributed by atoms with Crippen LogP contribution in [0.1, 0.15) is 42.9 Å². The number of aliphatic imine (C=N–C) groups is 1. The number of nitrogens with two attached hydrogens (primary N) is 1. The van der Waals surface area contributed by atoms with Gasteiger partial charge in [-0.1, -0.05) is 62.4 Å². The number of hydrogen-bond donors (Lipinski definition) is 2. The van der Waals surface area contributed by atoms with Crippen molar-refractivity contribution in [1.29, 1.82) is 5.41 Å². The van der Waals surface area contributed by atoms with Gasteiger partial charge in [-0.05, 0) is 59.1 Å². The van der Waals surface area contributed by atoms with Crippen LogP contribution in [0.25, 0.3) is 0 Å². The zero-order valence-corrected chi connectivity index (χ0v) is 16.0. The van der Waals surface area contributed by atoms with E-state index in [9.17, 15) is 0 Å². The van der Waals surface area contributed by atoms with E-state index in [1.165, 1.54) is 12.0 Å². The summed E-state index contributed by atoms with van der Waals surface area (Å²) in [4.78, 5) is 4.25. The highest BCUT2D eigenvalue weighted by Gasteiger charge is 2.22. The van der Waals surface area contributed by atoms with E-state index in [1.54, 1.807) is 18.5 Å². The molecule has 3 nitrogen and oxygen atoms in total. The van der Waals surface area contributed by atoms with E-state index in [0.29, 0.717) is 29.2 Å². The average molecular weight is 358 g/mol. The standard InChI is InChI=1S/C24H27N3/c1-17-6-7-18(2)23(14-17)20-8-10-21(11-9-20)24(26)12-13-27-16-19-4-3-5-22(25)15-19/h3-13,15-18,23,26H,14,25H2,1-2H3/b13-12-,26-24?,27-16?. The van der Waals surface area contributed by atoms with Crippen molar-refractivity contribution >= 4 is 17.6 Å². The molecule has 0 aromatic heterocycles. The molecule has 3 heteroatoms. The molecular formula is C24H27N3. The van der Waals surface area contributed by atoms with E-state index in [1.807, 2.05) is 36.4 Å². The lowest BCUT2D eigenvalue weighted by Crippen LogP contribution is -2.15. The molecule has 0 fully saturated rings. The molecule has 138 valence electrons. The molecule has 2 aromatic rings. The van der Waals surface area contributed by atoms with Gasteiger partial charge in [0.1, 0.15) is 0 Å². The van der Waals surface area contributed by atoms with Crippen molar-refractivity contribution in [2.24, 2.45) is 16.8 Å². The Morgan fingerprint density at radius 3 is 2.63 bits per heavy atom. The number of allylic oxidation sites excluding steroid dienone is 3. The summed E-state index contributed by atoms with van der Waals surface area (Å²) in [5, 5.41) is 8.24. The topological polar surface area (TPSA) is 62.2 Å². The summed E-state index contributed by atoms with van der Waals surface area (Å²) < 4.78 is 0. The van der Waals surface area contributed by atoms with E-state index >= 15 is 0 Å². The molecule has 3 N–H and O–H groups in total. The van der Waals surface area contributed by atoms with Crippen LogP contribution in [0.5, 0.6) is 0 Å². The first kappa shape index (κ1) is 18.8. The van der Waals surface area contributed by atoms with Crippen molar-refractivity contribution in [1.82, 2.24) is 0 Å². The Labute approximate surface area is 161 Å². The summed E-state index contributed by atoms with van der Waals surface area (Å²) >= 11 is 0. The van der Waals surface area contributed by atoms with Gasteiger partial charge in [0.05, 0.1) is 5.71 Å². The van der Waals surface area contributed by atoms with Crippen molar-refractivity contribution in [3.8, 4) is 0 Å². The van der Waals surface area contributed by atoms with Crippen molar-refractivity contribution < 1.29 is 0 Å². The first-order chi connectivity index (χ1) is 13.0. The number of rotatable bonds is 5. The van der Waals surface area contributed by atoms with Gasteiger partial charge >= 0.3 is 0 Å². The van der Waals surface area contributed by atoms with Gasteiger partial charge in [-0.2, -0.15) is 0 Å². The van der Waals surface area contributed by atoms with Crippen LogP contribution >= 0.6 is 0 Å². The van der Waals surface area contributed by atoms with Crippen molar-refractivity contribution in [2.75, 3.05) is 5.73 Å². The first-order valence-corrected chi connectivity index (χ1v) is 9.45. The molecule has 0 aliphatic heterocycles. The maximum atomic E-state index is 8.24. The third kappa shape index (κ3) is 5.04. The van der Waals surface area contributed by atoms with Crippen LogP contribution in [-0.4, -0.2) is 11.9 Å². The fourth-order valence-corrected chi connectivity index (χ4v) is 3.52. The molecule has 0 saturated carbocycles. The van der Waals surface area contributed by atoms with Crippen LogP contribution in [0.4, 0.5) is 5.69 Å². The molecule has 1 aliphatic rings. The molecule has 0 heterocycles. The van der Waals surface area contributed by atoms with Crippen molar-refractivity contribution in [3.63, 3.8) is 0 Å². The van der Waals surface area contributed by atoms with E-state index < -0.39 is 0 Å². The highest BCUT2D eigenvalue weighted by Crippen LogP contribution is 2.36. The minimum absolute atomic E-state index is 0.455. The van der Waals surface area contributed by atoms with Gasteiger partial charge in [-0.25, -0.2) is 0 Å². The predicted molar refractivity (Wildman–Crippen MR) is 116 cm³/mol. The number of nitrogens with zero attached hydrogens (tertiary/aromatic N) is 1. The van der Waals surface area contributed by atoms with Gasteiger partial charge in [-0.3, -0.25) is 4.99 Å². The molecule has 0 spiro atoms. The average Bonchev–Trinajstić information content (AvgIpc) is 2.67. The summed E-state index contributed by atoms with van der Waals surface area (Å²) in [6.07, 6.45) is 10.9. The second-order valence-electron chi connectivity index (χ2n) is 7.36. The van der Waals surface area contributed by atoms with E-state index in [-0.39, 0.29) is 0 Å². The third-order valence-corrected chi connectivity index (χ3v) is 5.11. The van der Waals surface area contributed by atoms with E-state index in [2.05, 4.69) is 43.1 Å². The van der Waals surface area contributed by atoms with Crippen LogP contribution in [-0.2, 0) is 0 Å². The minimum Gasteiger partial charge on any atom is -0.399 e. The lowest BCUT2D eigenvalue weighted by molar-refractivity contribution is 0.430. The Morgan fingerprint density at radius 1 is 1.11 bits per heavy atom. The Morgan fingerprint density at radius 2 is 1.89 bits per heavy atom. The second-order valence-corrected chi connectivity index (χ2v) is 7.36. The quantitative estimate of drug-likeness (QED) is 0.409. The largest absolute Gasteiger partial charge is 0.399 e. The summed E-state index contributed by atoms with van der Waals surface area (Å²) in [6.45, 7) is 4.55. The lowest BCUT2D eigenvalue weighted by Gasteiger charge is -2.28. The molecule has 3 atom stereocenters. The molecule has 3 unspecified atom stereocenters. The Balaban J connectivity index is 1.63. The van der Waals surface area contributed by atoms with E-state index in [0.717, 1.165) is 11.1 Å². The molecule has 0 bridgehead atoms. The monoisotopic (exact) mass is 357 g/mol. The summed E-state index contributed by atoms with van der Waals surface area (Å²) in [7, 11) is 0. The third-order valence-electron chi connectivity index (χ3n) is 5.11. The lowest BCUT2D eigenvalue weighted by atomic mass is 9.76. The van der Waals surface area contributed by atoms with Gasteiger partial charge in [-0.15, -0.1) is 0 Å². The molecule has 3 rings (SSSR count). The fourth-order valence-electron chi connectivity index (χ4n) is 3.52. The second kappa shape index (κ2) is 8.63. The van der Waals surface area contributed by atoms with Crippen molar-refractivity contribution in [2.45, 2.75) is 26.2 Å². The normalized spacial score (nSPS) is 22.5. The van der Waals surface area contributed by atoms with Crippen LogP contribution in [0, 0.1) is 17.2 Å². The molecular weight excluding hydrogens is 330 g/mol. The molecule has 1 aliphatic carbocycles. The van der Waals surface area contributed by atoms with Gasteiger partial charge in [0, 0.05) is 18.1 Å². The van der Waals surface area contributed by atoms with Gasteiger partial charge in [0.2, 0.25) is 0 Å². The van der Waals surface area contributed by atoms with Crippen LogP contribution < -0.4 is 5.73 Å². The molecule has 27 heavy (non-hydrogen) atoms. The smallest absolute Gasteiger partial charge is 0.0627 e. The van der Waals surface area contributed by atoms with Crippen molar-refractivity contribution in [3.05, 3.63) is 89.6 Å². The summed E-state index contributed by atoms with van der Waals surface area (Å²) in [5.74, 6) is 1.75. The Kier molecular flexibility index (Phi) is 6.02. The first-order valence-electron chi connectivity index (χ1n) is 9.45. The zero-order valence-electron chi connectivity index (χ0n) is 16.0. The summed E-state index contributed by atoms with van der Waals surface area (Å²) in [6, 6.07) is 16.0. The Hall–Kier alpha value is -2.94. The SMILES string of the molecule is CC1C=CC(C)C(c2ccc(C(=N)/C=C\N=Cc3cccc(N)c3)cc2)C1. The molecule has 0 radical (unpaired) electrons. The Bertz CT molecular complexity index is 875. The van der Waals surface area contributed by atoms with Gasteiger partial charge < -0.3 is 11.1 Å².